The van der Waals surface area contributed by atoms with Crippen LogP contribution >= 0.6 is 0 Å². The molecule has 2 heteroatoms. The van der Waals surface area contributed by atoms with Gasteiger partial charge in [0.05, 0.1) is 12.2 Å². The van der Waals surface area contributed by atoms with Gasteiger partial charge in [-0.3, -0.25) is 0 Å². The molecule has 0 aliphatic heterocycles. The van der Waals surface area contributed by atoms with Gasteiger partial charge < -0.3 is 10.2 Å². The van der Waals surface area contributed by atoms with Crippen LogP contribution in [0, 0.1) is 10.8 Å². The summed E-state index contributed by atoms with van der Waals surface area (Å²) in [6.07, 6.45) is 7.13. The van der Waals surface area contributed by atoms with E-state index in [1.54, 1.807) is 0 Å². The van der Waals surface area contributed by atoms with Gasteiger partial charge >= 0.3 is 0 Å². The zero-order chi connectivity index (χ0) is 11.2. The molecule has 0 radical (unpaired) electrons. The normalized spacial score (nSPS) is 32.0. The Kier molecular flexibility index (Phi) is 2.63. The van der Waals surface area contributed by atoms with Gasteiger partial charge in [0.25, 0.3) is 0 Å². The zero-order valence-electron chi connectivity index (χ0n) is 10.1. The molecule has 0 unspecified atom stereocenters. The number of rotatable bonds is 2. The fraction of sp³-hybridized carbons (Fsp3) is 1.00. The Bertz CT molecular complexity index is 225. The lowest BCUT2D eigenvalue weighted by atomic mass is 9.53. The van der Waals surface area contributed by atoms with Crippen LogP contribution in [0.5, 0.6) is 0 Å². The van der Waals surface area contributed by atoms with Crippen LogP contribution in [0.15, 0.2) is 0 Å². The van der Waals surface area contributed by atoms with Crippen LogP contribution in [-0.2, 0) is 0 Å². The number of hydrogen-bond donors (Lipinski definition) is 2. The summed E-state index contributed by atoms with van der Waals surface area (Å²) in [6, 6.07) is 0. The minimum Gasteiger partial charge on any atom is -0.396 e. The molecule has 0 saturated heterocycles. The molecule has 88 valence electrons. The van der Waals surface area contributed by atoms with Gasteiger partial charge in [-0.15, -0.1) is 0 Å². The van der Waals surface area contributed by atoms with Crippen molar-refractivity contribution in [3.63, 3.8) is 0 Å². The average Bonchev–Trinajstić information content (AvgIpc) is 2.10. The van der Waals surface area contributed by atoms with Gasteiger partial charge in [0.15, 0.2) is 0 Å². The Morgan fingerprint density at radius 2 is 1.47 bits per heavy atom. The molecule has 2 saturated carbocycles. The van der Waals surface area contributed by atoms with E-state index in [1.165, 1.54) is 6.42 Å². The topological polar surface area (TPSA) is 40.5 Å². The SMILES string of the molecule is CC1(C)CCC(O)(C2(CO)CCC2)CC1. The van der Waals surface area contributed by atoms with Crippen molar-refractivity contribution in [2.45, 2.75) is 64.4 Å². The first-order valence-electron chi connectivity index (χ1n) is 6.26. The molecule has 0 heterocycles. The molecule has 0 aromatic rings. The van der Waals surface area contributed by atoms with Crippen molar-refractivity contribution in [1.29, 1.82) is 0 Å². The van der Waals surface area contributed by atoms with Gasteiger partial charge in [-0.1, -0.05) is 20.3 Å². The van der Waals surface area contributed by atoms with Crippen LogP contribution in [-0.4, -0.2) is 22.4 Å². The highest BCUT2D eigenvalue weighted by atomic mass is 16.3. The van der Waals surface area contributed by atoms with Crippen molar-refractivity contribution < 1.29 is 10.2 Å². The second-order valence-corrected chi connectivity index (χ2v) is 6.49. The zero-order valence-corrected chi connectivity index (χ0v) is 10.1. The Morgan fingerprint density at radius 3 is 1.80 bits per heavy atom. The maximum absolute atomic E-state index is 10.7. The lowest BCUT2D eigenvalue weighted by molar-refractivity contribution is -0.177. The van der Waals surface area contributed by atoms with E-state index in [4.69, 9.17) is 0 Å². The molecule has 0 aromatic heterocycles. The van der Waals surface area contributed by atoms with Crippen LogP contribution < -0.4 is 0 Å². The van der Waals surface area contributed by atoms with Gasteiger partial charge in [-0.05, 0) is 43.9 Å². The second-order valence-electron chi connectivity index (χ2n) is 6.49. The lowest BCUT2D eigenvalue weighted by Crippen LogP contribution is -2.57. The molecule has 0 amide bonds. The fourth-order valence-electron chi connectivity index (χ4n) is 3.24. The first kappa shape index (κ1) is 11.4. The summed E-state index contributed by atoms with van der Waals surface area (Å²) in [6.45, 7) is 4.72. The van der Waals surface area contributed by atoms with Gasteiger partial charge in [0.2, 0.25) is 0 Å². The summed E-state index contributed by atoms with van der Waals surface area (Å²) < 4.78 is 0. The number of aliphatic hydroxyl groups is 2. The molecule has 2 aliphatic rings. The Balaban J connectivity index is 2.08. The highest BCUT2D eigenvalue weighted by Crippen LogP contribution is 2.56. The third-order valence-electron chi connectivity index (χ3n) is 5.03. The van der Waals surface area contributed by atoms with E-state index in [0.29, 0.717) is 5.41 Å². The van der Waals surface area contributed by atoms with Gasteiger partial charge in [0, 0.05) is 5.41 Å². The second kappa shape index (κ2) is 3.46. The molecule has 0 bridgehead atoms. The molecule has 2 N–H and O–H groups in total. The van der Waals surface area contributed by atoms with Crippen LogP contribution in [0.2, 0.25) is 0 Å². The minimum absolute atomic E-state index is 0.149. The van der Waals surface area contributed by atoms with E-state index in [2.05, 4.69) is 13.8 Å². The van der Waals surface area contributed by atoms with E-state index in [1.807, 2.05) is 0 Å². The number of aliphatic hydroxyl groups excluding tert-OH is 1. The lowest BCUT2D eigenvalue weighted by Gasteiger charge is -2.56. The van der Waals surface area contributed by atoms with E-state index in [-0.39, 0.29) is 12.0 Å². The van der Waals surface area contributed by atoms with Crippen LogP contribution in [0.1, 0.15) is 58.8 Å². The van der Waals surface area contributed by atoms with Crippen LogP contribution in [0.3, 0.4) is 0 Å². The van der Waals surface area contributed by atoms with Gasteiger partial charge in [0.1, 0.15) is 0 Å². The average molecular weight is 212 g/mol. The van der Waals surface area contributed by atoms with Crippen molar-refractivity contribution in [1.82, 2.24) is 0 Å². The predicted octanol–water partition coefficient (Wildman–Crippen LogP) is 2.48. The highest BCUT2D eigenvalue weighted by molar-refractivity contribution is 5.06. The molecule has 15 heavy (non-hydrogen) atoms. The maximum atomic E-state index is 10.7. The van der Waals surface area contributed by atoms with Crippen molar-refractivity contribution in [3.05, 3.63) is 0 Å². The van der Waals surface area contributed by atoms with Crippen molar-refractivity contribution in [2.75, 3.05) is 6.61 Å². The summed E-state index contributed by atoms with van der Waals surface area (Å²) in [5, 5.41) is 20.2. The van der Waals surface area contributed by atoms with Crippen molar-refractivity contribution >= 4 is 0 Å². The van der Waals surface area contributed by atoms with Crippen molar-refractivity contribution in [2.24, 2.45) is 10.8 Å². The third kappa shape index (κ3) is 1.72. The standard InChI is InChI=1S/C13H24O2/c1-11(2)6-8-13(15,9-7-11)12(10-14)4-3-5-12/h14-15H,3-10H2,1-2H3. The van der Waals surface area contributed by atoms with Crippen LogP contribution in [0.4, 0.5) is 0 Å². The summed E-state index contributed by atoms with van der Waals surface area (Å²) in [5.74, 6) is 0. The Hall–Kier alpha value is -0.0800. The Labute approximate surface area is 92.7 Å². The molecular formula is C13H24O2. The third-order valence-corrected chi connectivity index (χ3v) is 5.03. The largest absolute Gasteiger partial charge is 0.396 e. The van der Waals surface area contributed by atoms with Crippen molar-refractivity contribution in [3.8, 4) is 0 Å². The monoisotopic (exact) mass is 212 g/mol. The predicted molar refractivity (Wildman–Crippen MR) is 60.6 cm³/mol. The summed E-state index contributed by atoms with van der Waals surface area (Å²) in [7, 11) is 0. The first-order valence-corrected chi connectivity index (χ1v) is 6.26. The summed E-state index contributed by atoms with van der Waals surface area (Å²) in [4.78, 5) is 0. The summed E-state index contributed by atoms with van der Waals surface area (Å²) >= 11 is 0. The Morgan fingerprint density at radius 1 is 0.933 bits per heavy atom. The summed E-state index contributed by atoms with van der Waals surface area (Å²) in [5.41, 5.74) is -0.342. The minimum atomic E-state index is -0.574. The first-order chi connectivity index (χ1) is 6.93. The molecule has 2 nitrogen and oxygen atoms in total. The quantitative estimate of drug-likeness (QED) is 0.738. The van der Waals surface area contributed by atoms with Crippen LogP contribution in [0.25, 0.3) is 0 Å². The fourth-order valence-corrected chi connectivity index (χ4v) is 3.24. The molecule has 2 fully saturated rings. The van der Waals surface area contributed by atoms with Gasteiger partial charge in [-0.2, -0.15) is 0 Å². The van der Waals surface area contributed by atoms with Gasteiger partial charge in [-0.25, -0.2) is 0 Å². The van der Waals surface area contributed by atoms with E-state index < -0.39 is 5.60 Å². The molecule has 0 spiro atoms. The highest BCUT2D eigenvalue weighted by Gasteiger charge is 2.55. The molecular weight excluding hydrogens is 188 g/mol. The molecule has 2 aliphatic carbocycles. The number of hydrogen-bond acceptors (Lipinski definition) is 2. The molecule has 0 atom stereocenters. The molecule has 0 aromatic carbocycles. The van der Waals surface area contributed by atoms with E-state index in [0.717, 1.165) is 38.5 Å². The molecule has 2 rings (SSSR count). The smallest absolute Gasteiger partial charge is 0.0726 e. The van der Waals surface area contributed by atoms with E-state index >= 15 is 0 Å². The maximum Gasteiger partial charge on any atom is 0.0726 e. The van der Waals surface area contributed by atoms with E-state index in [9.17, 15) is 10.2 Å².